The predicted octanol–water partition coefficient (Wildman–Crippen LogP) is 1.46. The fourth-order valence-corrected chi connectivity index (χ4v) is 4.51. The molecule has 1 fully saturated rings. The maximum Gasteiger partial charge on any atom is 0.332 e. The van der Waals surface area contributed by atoms with Gasteiger partial charge in [-0.05, 0) is 37.9 Å². The molecule has 120 valence electrons. The van der Waals surface area contributed by atoms with E-state index in [1.807, 2.05) is 0 Å². The lowest BCUT2D eigenvalue weighted by molar-refractivity contribution is -0.147. The van der Waals surface area contributed by atoms with Crippen molar-refractivity contribution in [1.82, 2.24) is 15.5 Å². The molecular formula is C15H21N3O3S. The number of thioether (sulfide) groups is 1. The summed E-state index contributed by atoms with van der Waals surface area (Å²) in [4.78, 5) is 24.8. The van der Waals surface area contributed by atoms with Crippen molar-refractivity contribution in [3.05, 3.63) is 17.0 Å². The highest BCUT2D eigenvalue weighted by Gasteiger charge is 2.45. The number of rotatable bonds is 3. The summed E-state index contributed by atoms with van der Waals surface area (Å²) in [5, 5.41) is 10.1. The summed E-state index contributed by atoms with van der Waals surface area (Å²) in [5.41, 5.74) is 1.61. The number of methoxy groups -OCH3 is 1. The fourth-order valence-electron chi connectivity index (χ4n) is 3.19. The SMILES string of the molecule is COC(=O)C1(NC(=O)c2n[nH]c3c2CCCCC3)CCSC1. The van der Waals surface area contributed by atoms with Gasteiger partial charge in [0.15, 0.2) is 5.69 Å². The van der Waals surface area contributed by atoms with Crippen molar-refractivity contribution in [3.8, 4) is 0 Å². The number of esters is 1. The second-order valence-corrected chi connectivity index (χ2v) is 7.03. The molecule has 1 amide bonds. The Labute approximate surface area is 133 Å². The van der Waals surface area contributed by atoms with E-state index in [0.717, 1.165) is 42.7 Å². The molecule has 1 atom stereocenters. The minimum absolute atomic E-state index is 0.271. The van der Waals surface area contributed by atoms with E-state index in [1.165, 1.54) is 13.5 Å². The number of amides is 1. The van der Waals surface area contributed by atoms with Crippen molar-refractivity contribution < 1.29 is 14.3 Å². The molecule has 0 spiro atoms. The average molecular weight is 323 g/mol. The Morgan fingerprint density at radius 2 is 2.14 bits per heavy atom. The highest BCUT2D eigenvalue weighted by molar-refractivity contribution is 7.99. The third kappa shape index (κ3) is 2.74. The van der Waals surface area contributed by atoms with E-state index in [4.69, 9.17) is 4.74 Å². The van der Waals surface area contributed by atoms with Crippen LogP contribution in [0.1, 0.15) is 47.4 Å². The van der Waals surface area contributed by atoms with Gasteiger partial charge < -0.3 is 10.1 Å². The zero-order valence-corrected chi connectivity index (χ0v) is 13.6. The first-order valence-corrected chi connectivity index (χ1v) is 8.86. The van der Waals surface area contributed by atoms with Gasteiger partial charge in [-0.25, -0.2) is 4.79 Å². The minimum atomic E-state index is -0.910. The highest BCUT2D eigenvalue weighted by atomic mass is 32.2. The van der Waals surface area contributed by atoms with Gasteiger partial charge in [0.05, 0.1) is 7.11 Å². The molecule has 3 rings (SSSR count). The first kappa shape index (κ1) is 15.4. The highest BCUT2D eigenvalue weighted by Crippen LogP contribution is 2.30. The number of nitrogens with one attached hydrogen (secondary N) is 2. The molecule has 7 heteroatoms. The third-order valence-corrected chi connectivity index (χ3v) is 5.66. The van der Waals surface area contributed by atoms with Crippen LogP contribution in [0.3, 0.4) is 0 Å². The van der Waals surface area contributed by atoms with Gasteiger partial charge in [-0.3, -0.25) is 9.89 Å². The summed E-state index contributed by atoms with van der Waals surface area (Å²) in [6.07, 6.45) is 5.78. The van der Waals surface area contributed by atoms with Crippen molar-refractivity contribution in [3.63, 3.8) is 0 Å². The van der Waals surface area contributed by atoms with Crippen molar-refractivity contribution in [1.29, 1.82) is 0 Å². The maximum atomic E-state index is 12.7. The van der Waals surface area contributed by atoms with Crippen LogP contribution < -0.4 is 5.32 Å². The second-order valence-electron chi connectivity index (χ2n) is 5.92. The standard InChI is InChI=1S/C15H21N3O3S/c1-21-14(20)15(7-8-22-9-15)16-13(19)12-10-5-3-2-4-6-11(10)17-18-12/h2-9H2,1H3,(H,16,19)(H,17,18). The van der Waals surface area contributed by atoms with Crippen LogP contribution in [0.5, 0.6) is 0 Å². The van der Waals surface area contributed by atoms with Gasteiger partial charge in [-0.1, -0.05) is 6.42 Å². The molecule has 6 nitrogen and oxygen atoms in total. The first-order valence-electron chi connectivity index (χ1n) is 7.71. The number of hydrogen-bond donors (Lipinski definition) is 2. The Morgan fingerprint density at radius 3 is 2.86 bits per heavy atom. The van der Waals surface area contributed by atoms with Crippen molar-refractivity contribution >= 4 is 23.6 Å². The zero-order valence-electron chi connectivity index (χ0n) is 12.7. The Bertz CT molecular complexity index is 579. The summed E-state index contributed by atoms with van der Waals surface area (Å²) in [7, 11) is 1.36. The molecular weight excluding hydrogens is 302 g/mol. The van der Waals surface area contributed by atoms with Crippen LogP contribution in [-0.4, -0.2) is 46.2 Å². The number of nitrogens with zero attached hydrogens (tertiary/aromatic N) is 1. The molecule has 0 radical (unpaired) electrons. The number of carbonyl (C=O) groups is 2. The summed E-state index contributed by atoms with van der Waals surface area (Å²) in [6, 6.07) is 0. The quantitative estimate of drug-likeness (QED) is 0.650. The molecule has 0 aromatic carbocycles. The lowest BCUT2D eigenvalue weighted by atomic mass is 9.98. The number of hydrogen-bond acceptors (Lipinski definition) is 5. The molecule has 0 bridgehead atoms. The summed E-state index contributed by atoms with van der Waals surface area (Å²) < 4.78 is 4.89. The molecule has 1 aliphatic carbocycles. The van der Waals surface area contributed by atoms with Crippen LogP contribution in [-0.2, 0) is 22.4 Å². The number of aromatic nitrogens is 2. The smallest absolute Gasteiger partial charge is 0.332 e. The van der Waals surface area contributed by atoms with E-state index in [2.05, 4.69) is 15.5 Å². The largest absolute Gasteiger partial charge is 0.467 e. The summed E-state index contributed by atoms with van der Waals surface area (Å²) >= 11 is 1.65. The van der Waals surface area contributed by atoms with E-state index in [-0.39, 0.29) is 11.9 Å². The minimum Gasteiger partial charge on any atom is -0.467 e. The maximum absolute atomic E-state index is 12.7. The molecule has 22 heavy (non-hydrogen) atoms. The normalized spacial score (nSPS) is 24.4. The summed E-state index contributed by atoms with van der Waals surface area (Å²) in [6.45, 7) is 0. The van der Waals surface area contributed by atoms with Crippen LogP contribution in [0.15, 0.2) is 0 Å². The van der Waals surface area contributed by atoms with Gasteiger partial charge in [0.1, 0.15) is 5.54 Å². The van der Waals surface area contributed by atoms with Crippen molar-refractivity contribution in [2.75, 3.05) is 18.6 Å². The van der Waals surface area contributed by atoms with Gasteiger partial charge in [-0.15, -0.1) is 0 Å². The number of H-pyrrole nitrogens is 1. The van der Waals surface area contributed by atoms with Crippen molar-refractivity contribution in [2.24, 2.45) is 0 Å². The predicted molar refractivity (Wildman–Crippen MR) is 84.0 cm³/mol. The number of carbonyl (C=O) groups excluding carboxylic acids is 2. The van der Waals surface area contributed by atoms with Crippen LogP contribution in [0.4, 0.5) is 0 Å². The van der Waals surface area contributed by atoms with Gasteiger partial charge in [0, 0.05) is 17.0 Å². The van der Waals surface area contributed by atoms with Crippen LogP contribution in [0.25, 0.3) is 0 Å². The molecule has 1 unspecified atom stereocenters. The average Bonchev–Trinajstić information content (AvgIpc) is 3.09. The monoisotopic (exact) mass is 323 g/mol. The number of fused-ring (bicyclic) bond motifs is 1. The van der Waals surface area contributed by atoms with Gasteiger partial charge in [0.2, 0.25) is 0 Å². The van der Waals surface area contributed by atoms with Gasteiger partial charge in [-0.2, -0.15) is 16.9 Å². The fraction of sp³-hybridized carbons (Fsp3) is 0.667. The van der Waals surface area contributed by atoms with Gasteiger partial charge >= 0.3 is 5.97 Å². The van der Waals surface area contributed by atoms with Crippen LogP contribution >= 0.6 is 11.8 Å². The molecule has 2 N–H and O–H groups in total. The van der Waals surface area contributed by atoms with E-state index < -0.39 is 5.54 Å². The first-order chi connectivity index (χ1) is 10.7. The molecule has 1 aromatic rings. The Balaban J connectivity index is 1.82. The molecule has 1 aliphatic heterocycles. The van der Waals surface area contributed by atoms with E-state index >= 15 is 0 Å². The molecule has 1 saturated heterocycles. The lowest BCUT2D eigenvalue weighted by Gasteiger charge is -2.26. The second kappa shape index (κ2) is 6.32. The third-order valence-electron chi connectivity index (χ3n) is 4.47. The van der Waals surface area contributed by atoms with E-state index in [0.29, 0.717) is 17.9 Å². The molecule has 0 saturated carbocycles. The zero-order chi connectivity index (χ0) is 15.6. The number of aryl methyl sites for hydroxylation is 1. The van der Waals surface area contributed by atoms with Gasteiger partial charge in [0.25, 0.3) is 5.91 Å². The van der Waals surface area contributed by atoms with Crippen LogP contribution in [0.2, 0.25) is 0 Å². The molecule has 2 aliphatic rings. The number of aromatic amines is 1. The summed E-state index contributed by atoms with van der Waals surface area (Å²) in [5.74, 6) is 0.756. The molecule has 2 heterocycles. The van der Waals surface area contributed by atoms with Crippen LogP contribution in [0, 0.1) is 0 Å². The topological polar surface area (TPSA) is 84.1 Å². The Hall–Kier alpha value is -1.50. The lowest BCUT2D eigenvalue weighted by Crippen LogP contribution is -2.55. The Morgan fingerprint density at radius 1 is 1.32 bits per heavy atom. The van der Waals surface area contributed by atoms with E-state index in [1.54, 1.807) is 11.8 Å². The molecule has 1 aromatic heterocycles. The van der Waals surface area contributed by atoms with E-state index in [9.17, 15) is 9.59 Å². The van der Waals surface area contributed by atoms with Crippen molar-refractivity contribution in [2.45, 2.75) is 44.1 Å². The number of ether oxygens (including phenoxy) is 1. The Kier molecular flexibility index (Phi) is 4.42.